The minimum Gasteiger partial charge on any atom is -0.351 e. The van der Waals surface area contributed by atoms with E-state index in [4.69, 9.17) is 11.6 Å². The molecule has 1 atom stereocenters. The van der Waals surface area contributed by atoms with Crippen molar-refractivity contribution in [3.63, 3.8) is 0 Å². The first-order valence-electron chi connectivity index (χ1n) is 5.94. The van der Waals surface area contributed by atoms with E-state index < -0.39 is 0 Å². The average molecular weight is 319 g/mol. The van der Waals surface area contributed by atoms with Gasteiger partial charge in [0, 0.05) is 29.8 Å². The summed E-state index contributed by atoms with van der Waals surface area (Å²) in [6.07, 6.45) is 5.52. The molecule has 0 amide bonds. The van der Waals surface area contributed by atoms with Crippen LogP contribution in [-0.2, 0) is 0 Å². The molecule has 1 unspecified atom stereocenters. The second kappa shape index (κ2) is 6.03. The van der Waals surface area contributed by atoms with Crippen molar-refractivity contribution >= 4 is 33.3 Å². The van der Waals surface area contributed by atoms with E-state index in [1.165, 1.54) is 19.3 Å². The number of likely N-dealkylation sites (N-methyl/N-ethyl adjacent to an activating group) is 1. The Kier molecular flexibility index (Phi) is 4.65. The van der Waals surface area contributed by atoms with Crippen molar-refractivity contribution in [2.75, 3.05) is 25.0 Å². The van der Waals surface area contributed by atoms with Crippen LogP contribution in [0, 0.1) is 0 Å². The molecule has 1 fully saturated rings. The van der Waals surface area contributed by atoms with Crippen LogP contribution in [0.5, 0.6) is 0 Å². The first-order chi connectivity index (χ1) is 8.22. The highest BCUT2D eigenvalue weighted by atomic mass is 79.9. The minimum atomic E-state index is 0.500. The Morgan fingerprint density at radius 1 is 1.59 bits per heavy atom. The summed E-state index contributed by atoms with van der Waals surface area (Å²) in [5, 5.41) is 3.97. The number of nitrogens with one attached hydrogen (secondary N) is 1. The smallest absolute Gasteiger partial charge is 0.147 e. The molecule has 1 saturated heterocycles. The van der Waals surface area contributed by atoms with E-state index in [0.717, 1.165) is 28.4 Å². The van der Waals surface area contributed by atoms with Gasteiger partial charge in [-0.05, 0) is 48.3 Å². The Labute approximate surface area is 116 Å². The Balaban J connectivity index is 2.23. The second-order valence-electron chi connectivity index (χ2n) is 4.36. The fourth-order valence-corrected chi connectivity index (χ4v) is 3.08. The third-order valence-electron chi connectivity index (χ3n) is 3.13. The van der Waals surface area contributed by atoms with Crippen LogP contribution < -0.4 is 10.2 Å². The number of nitrogens with zero attached hydrogens (tertiary/aromatic N) is 2. The minimum absolute atomic E-state index is 0.500. The Bertz CT molecular complexity index is 384. The van der Waals surface area contributed by atoms with E-state index in [9.17, 15) is 0 Å². The summed E-state index contributed by atoms with van der Waals surface area (Å²) in [5.41, 5.74) is 0. The number of halogens is 2. The lowest BCUT2D eigenvalue weighted by Gasteiger charge is -2.37. The topological polar surface area (TPSA) is 28.2 Å². The van der Waals surface area contributed by atoms with Crippen LogP contribution in [0.2, 0.25) is 5.02 Å². The number of hydrogen-bond acceptors (Lipinski definition) is 3. The van der Waals surface area contributed by atoms with Crippen molar-refractivity contribution in [2.24, 2.45) is 0 Å². The standard InChI is InChI=1S/C12H17BrClN3/c1-15-8-10-4-2-3-5-17(10)12-11(14)6-9(13)7-16-12/h6-7,10,15H,2-5,8H2,1H3. The van der Waals surface area contributed by atoms with E-state index in [-0.39, 0.29) is 0 Å². The zero-order chi connectivity index (χ0) is 12.3. The van der Waals surface area contributed by atoms with Crippen molar-refractivity contribution in [3.05, 3.63) is 21.8 Å². The molecule has 1 aliphatic rings. The van der Waals surface area contributed by atoms with E-state index in [0.29, 0.717) is 6.04 Å². The van der Waals surface area contributed by atoms with E-state index >= 15 is 0 Å². The van der Waals surface area contributed by atoms with Gasteiger partial charge in [0.2, 0.25) is 0 Å². The monoisotopic (exact) mass is 317 g/mol. The van der Waals surface area contributed by atoms with Gasteiger partial charge in [0.25, 0.3) is 0 Å². The van der Waals surface area contributed by atoms with Crippen LogP contribution in [-0.4, -0.2) is 31.2 Å². The first-order valence-corrected chi connectivity index (χ1v) is 7.11. The molecule has 2 rings (SSSR count). The van der Waals surface area contributed by atoms with Crippen molar-refractivity contribution in [3.8, 4) is 0 Å². The van der Waals surface area contributed by atoms with Crippen LogP contribution in [0.4, 0.5) is 5.82 Å². The third kappa shape index (κ3) is 3.12. The van der Waals surface area contributed by atoms with Crippen LogP contribution >= 0.6 is 27.5 Å². The van der Waals surface area contributed by atoms with Gasteiger partial charge in [0.15, 0.2) is 0 Å². The molecule has 1 aliphatic heterocycles. The molecule has 0 aliphatic carbocycles. The van der Waals surface area contributed by atoms with Gasteiger partial charge in [-0.15, -0.1) is 0 Å². The molecule has 17 heavy (non-hydrogen) atoms. The molecule has 1 aromatic heterocycles. The van der Waals surface area contributed by atoms with Crippen molar-refractivity contribution in [2.45, 2.75) is 25.3 Å². The summed E-state index contributed by atoms with van der Waals surface area (Å²) in [6.45, 7) is 2.02. The summed E-state index contributed by atoms with van der Waals surface area (Å²) < 4.78 is 0.924. The lowest BCUT2D eigenvalue weighted by atomic mass is 10.0. The normalized spacial score (nSPS) is 20.6. The number of pyridine rings is 1. The molecule has 3 nitrogen and oxygen atoms in total. The lowest BCUT2D eigenvalue weighted by molar-refractivity contribution is 0.443. The predicted molar refractivity (Wildman–Crippen MR) is 75.9 cm³/mol. The molecule has 0 spiro atoms. The van der Waals surface area contributed by atoms with E-state index in [1.807, 2.05) is 19.3 Å². The van der Waals surface area contributed by atoms with Crippen LogP contribution in [0.1, 0.15) is 19.3 Å². The third-order valence-corrected chi connectivity index (χ3v) is 3.84. The SMILES string of the molecule is CNCC1CCCCN1c1ncc(Br)cc1Cl. The zero-order valence-electron chi connectivity index (χ0n) is 9.92. The van der Waals surface area contributed by atoms with E-state index in [1.54, 1.807) is 0 Å². The first kappa shape index (κ1) is 13.1. The van der Waals surface area contributed by atoms with Crippen molar-refractivity contribution in [1.29, 1.82) is 0 Å². The Morgan fingerprint density at radius 3 is 3.12 bits per heavy atom. The largest absolute Gasteiger partial charge is 0.351 e. The number of piperidine rings is 1. The highest BCUT2D eigenvalue weighted by molar-refractivity contribution is 9.10. The second-order valence-corrected chi connectivity index (χ2v) is 5.68. The molecule has 1 aromatic rings. The molecule has 5 heteroatoms. The maximum atomic E-state index is 6.27. The summed E-state index contributed by atoms with van der Waals surface area (Å²) >= 11 is 9.66. The zero-order valence-corrected chi connectivity index (χ0v) is 12.3. The molecule has 0 bridgehead atoms. The predicted octanol–water partition coefficient (Wildman–Crippen LogP) is 3.08. The highest BCUT2D eigenvalue weighted by Crippen LogP contribution is 2.30. The van der Waals surface area contributed by atoms with Gasteiger partial charge < -0.3 is 10.2 Å². The van der Waals surface area contributed by atoms with Crippen molar-refractivity contribution in [1.82, 2.24) is 10.3 Å². The lowest BCUT2D eigenvalue weighted by Crippen LogP contribution is -2.45. The Morgan fingerprint density at radius 2 is 2.41 bits per heavy atom. The van der Waals surface area contributed by atoms with Crippen LogP contribution in [0.3, 0.4) is 0 Å². The number of rotatable bonds is 3. The molecule has 1 N–H and O–H groups in total. The number of anilines is 1. The summed E-state index contributed by atoms with van der Waals surface area (Å²) in [5.74, 6) is 0.912. The van der Waals surface area contributed by atoms with Gasteiger partial charge in [-0.25, -0.2) is 4.98 Å². The fourth-order valence-electron chi connectivity index (χ4n) is 2.35. The fraction of sp³-hybridized carbons (Fsp3) is 0.583. The quantitative estimate of drug-likeness (QED) is 0.928. The van der Waals surface area contributed by atoms with Gasteiger partial charge in [-0.2, -0.15) is 0 Å². The number of aromatic nitrogens is 1. The van der Waals surface area contributed by atoms with Gasteiger partial charge in [0.1, 0.15) is 5.82 Å². The van der Waals surface area contributed by atoms with E-state index in [2.05, 4.69) is 31.1 Å². The maximum absolute atomic E-state index is 6.27. The molecule has 0 saturated carbocycles. The van der Waals surface area contributed by atoms with Crippen LogP contribution in [0.25, 0.3) is 0 Å². The summed E-state index contributed by atoms with van der Waals surface area (Å²) in [7, 11) is 1.99. The van der Waals surface area contributed by atoms with Crippen molar-refractivity contribution < 1.29 is 0 Å². The summed E-state index contributed by atoms with van der Waals surface area (Å²) in [6, 6.07) is 2.41. The average Bonchev–Trinajstić information content (AvgIpc) is 2.31. The molecule has 0 radical (unpaired) electrons. The Hall–Kier alpha value is -0.320. The summed E-state index contributed by atoms with van der Waals surface area (Å²) in [4.78, 5) is 6.78. The highest BCUT2D eigenvalue weighted by Gasteiger charge is 2.24. The van der Waals surface area contributed by atoms with Gasteiger partial charge in [-0.3, -0.25) is 0 Å². The number of hydrogen-bond donors (Lipinski definition) is 1. The molecule has 0 aromatic carbocycles. The van der Waals surface area contributed by atoms with Gasteiger partial charge in [-0.1, -0.05) is 11.6 Å². The van der Waals surface area contributed by atoms with Gasteiger partial charge >= 0.3 is 0 Å². The molecule has 94 valence electrons. The molecule has 2 heterocycles. The van der Waals surface area contributed by atoms with Crippen LogP contribution in [0.15, 0.2) is 16.7 Å². The van der Waals surface area contributed by atoms with Gasteiger partial charge in [0.05, 0.1) is 5.02 Å². The molecular weight excluding hydrogens is 302 g/mol. The molecular formula is C12H17BrClN3. The maximum Gasteiger partial charge on any atom is 0.147 e.